The van der Waals surface area contributed by atoms with Gasteiger partial charge in [-0.3, -0.25) is 4.79 Å². The van der Waals surface area contributed by atoms with E-state index in [4.69, 9.17) is 4.74 Å². The molecular formula is C20H16BrNO4S2. The first kappa shape index (κ1) is 19.2. The molecule has 0 saturated heterocycles. The zero-order valence-electron chi connectivity index (χ0n) is 14.8. The van der Waals surface area contributed by atoms with E-state index in [-0.39, 0.29) is 28.0 Å². The fourth-order valence-electron chi connectivity index (χ4n) is 3.36. The van der Waals surface area contributed by atoms with Crippen LogP contribution in [0.4, 0.5) is 5.69 Å². The first-order valence-corrected chi connectivity index (χ1v) is 11.6. The highest BCUT2D eigenvalue weighted by molar-refractivity contribution is 9.10. The maximum absolute atomic E-state index is 13.1. The normalized spacial score (nSPS) is 16.4. The van der Waals surface area contributed by atoms with E-state index < -0.39 is 9.84 Å². The van der Waals surface area contributed by atoms with Crippen LogP contribution in [-0.2, 0) is 14.6 Å². The summed E-state index contributed by atoms with van der Waals surface area (Å²) in [4.78, 5) is 13.6. The molecule has 1 amide bonds. The Morgan fingerprint density at radius 1 is 1.18 bits per heavy atom. The zero-order valence-corrected chi connectivity index (χ0v) is 18.0. The largest absolute Gasteiger partial charge is 0.496 e. The fraction of sp³-hybridized carbons (Fsp3) is 0.150. The molecule has 1 aromatic heterocycles. The zero-order chi connectivity index (χ0) is 19.9. The van der Waals surface area contributed by atoms with Gasteiger partial charge in [0.15, 0.2) is 0 Å². The van der Waals surface area contributed by atoms with Crippen molar-refractivity contribution in [3.8, 4) is 5.75 Å². The van der Waals surface area contributed by atoms with Gasteiger partial charge >= 0.3 is 0 Å². The van der Waals surface area contributed by atoms with E-state index in [1.165, 1.54) is 11.3 Å². The molecule has 1 atom stereocenters. The van der Waals surface area contributed by atoms with Crippen LogP contribution in [0.2, 0.25) is 0 Å². The van der Waals surface area contributed by atoms with Crippen LogP contribution in [0.3, 0.4) is 0 Å². The molecule has 0 spiro atoms. The van der Waals surface area contributed by atoms with Crippen molar-refractivity contribution >= 4 is 48.7 Å². The molecule has 1 unspecified atom stereocenters. The summed E-state index contributed by atoms with van der Waals surface area (Å²) in [6.45, 7) is 0. The smallest absolute Gasteiger partial charge is 0.225 e. The minimum absolute atomic E-state index is 0.130. The van der Waals surface area contributed by atoms with E-state index in [0.29, 0.717) is 11.4 Å². The Labute approximate surface area is 175 Å². The molecule has 0 radical (unpaired) electrons. The second-order valence-electron chi connectivity index (χ2n) is 6.35. The van der Waals surface area contributed by atoms with Crippen molar-refractivity contribution in [2.45, 2.75) is 22.1 Å². The first-order chi connectivity index (χ1) is 13.4. The van der Waals surface area contributed by atoms with Gasteiger partial charge in [-0.15, -0.1) is 11.3 Å². The summed E-state index contributed by atoms with van der Waals surface area (Å²) in [7, 11) is -2.16. The van der Waals surface area contributed by atoms with Gasteiger partial charge < -0.3 is 10.1 Å². The number of anilines is 1. The Morgan fingerprint density at radius 2 is 1.93 bits per heavy atom. The summed E-state index contributed by atoms with van der Waals surface area (Å²) >= 11 is 4.80. The number of ether oxygens (including phenoxy) is 1. The average Bonchev–Trinajstić information content (AvgIpc) is 3.12. The number of nitrogens with one attached hydrogen (secondary N) is 1. The van der Waals surface area contributed by atoms with Crippen molar-refractivity contribution in [3.63, 3.8) is 0 Å². The molecule has 144 valence electrons. The van der Waals surface area contributed by atoms with Crippen molar-refractivity contribution in [2.75, 3.05) is 12.4 Å². The van der Waals surface area contributed by atoms with Gasteiger partial charge in [0.2, 0.25) is 15.7 Å². The van der Waals surface area contributed by atoms with Crippen LogP contribution in [0.5, 0.6) is 5.75 Å². The first-order valence-electron chi connectivity index (χ1n) is 8.46. The molecule has 2 aromatic carbocycles. The molecule has 1 aliphatic rings. The molecular weight excluding hydrogens is 462 g/mol. The van der Waals surface area contributed by atoms with Crippen LogP contribution in [-0.4, -0.2) is 21.4 Å². The Kier molecular flexibility index (Phi) is 5.03. The summed E-state index contributed by atoms with van der Waals surface area (Å²) in [5, 5.41) is 4.38. The molecule has 28 heavy (non-hydrogen) atoms. The molecule has 5 nitrogen and oxygen atoms in total. The van der Waals surface area contributed by atoms with Gasteiger partial charge in [-0.1, -0.05) is 34.1 Å². The minimum atomic E-state index is -3.73. The highest BCUT2D eigenvalue weighted by atomic mass is 79.9. The lowest BCUT2D eigenvalue weighted by atomic mass is 9.90. The van der Waals surface area contributed by atoms with E-state index in [1.54, 1.807) is 42.8 Å². The van der Waals surface area contributed by atoms with Gasteiger partial charge in [-0.25, -0.2) is 8.42 Å². The van der Waals surface area contributed by atoms with Gasteiger partial charge in [-0.05, 0) is 30.3 Å². The number of hydrogen-bond donors (Lipinski definition) is 1. The number of thiophene rings is 1. The number of benzene rings is 2. The van der Waals surface area contributed by atoms with E-state index in [2.05, 4.69) is 21.2 Å². The van der Waals surface area contributed by atoms with Crippen molar-refractivity contribution in [1.29, 1.82) is 0 Å². The molecule has 0 fully saturated rings. The Balaban J connectivity index is 1.87. The quantitative estimate of drug-likeness (QED) is 0.584. The SMILES string of the molecule is COc1ccc(Br)cc1C1CC(=O)Nc2c(S(=O)(=O)c3ccccc3)csc21. The number of sulfone groups is 1. The van der Waals surface area contributed by atoms with Gasteiger partial charge in [0.1, 0.15) is 10.6 Å². The summed E-state index contributed by atoms with van der Waals surface area (Å²) in [5.41, 5.74) is 1.22. The number of hydrogen-bond acceptors (Lipinski definition) is 5. The topological polar surface area (TPSA) is 72.5 Å². The van der Waals surface area contributed by atoms with Crippen LogP contribution < -0.4 is 10.1 Å². The monoisotopic (exact) mass is 477 g/mol. The maximum atomic E-state index is 13.1. The van der Waals surface area contributed by atoms with E-state index in [0.717, 1.165) is 14.9 Å². The molecule has 8 heteroatoms. The Bertz CT molecular complexity index is 1160. The number of carbonyl (C=O) groups is 1. The van der Waals surface area contributed by atoms with E-state index >= 15 is 0 Å². The summed E-state index contributed by atoms with van der Waals surface area (Å²) < 4.78 is 32.6. The van der Waals surface area contributed by atoms with Crippen LogP contribution in [0.15, 0.2) is 68.2 Å². The van der Waals surface area contributed by atoms with Crippen molar-refractivity contribution < 1.29 is 17.9 Å². The molecule has 1 N–H and O–H groups in total. The number of rotatable bonds is 4. The third-order valence-corrected chi connectivity index (χ3v) is 8.20. The van der Waals surface area contributed by atoms with Gasteiger partial charge in [-0.2, -0.15) is 0 Å². The summed E-state index contributed by atoms with van der Waals surface area (Å²) in [5.74, 6) is 0.165. The average molecular weight is 478 g/mol. The molecule has 3 aromatic rings. The minimum Gasteiger partial charge on any atom is -0.496 e. The van der Waals surface area contributed by atoms with Crippen molar-refractivity contribution in [2.24, 2.45) is 0 Å². The van der Waals surface area contributed by atoms with Crippen LogP contribution in [0.1, 0.15) is 22.8 Å². The van der Waals surface area contributed by atoms with Crippen molar-refractivity contribution in [3.05, 3.63) is 68.8 Å². The molecule has 0 aliphatic carbocycles. The Morgan fingerprint density at radius 3 is 2.64 bits per heavy atom. The molecule has 1 aliphatic heterocycles. The number of amides is 1. The van der Waals surface area contributed by atoms with E-state index in [1.807, 2.05) is 18.2 Å². The summed E-state index contributed by atoms with van der Waals surface area (Å²) in [6.07, 6.45) is 0.227. The number of fused-ring (bicyclic) bond motifs is 1. The molecule has 2 heterocycles. The van der Waals surface area contributed by atoms with E-state index in [9.17, 15) is 13.2 Å². The molecule has 0 bridgehead atoms. The van der Waals surface area contributed by atoms with Crippen LogP contribution >= 0.6 is 27.3 Å². The standard InChI is InChI=1S/C20H16BrNO4S2/c1-26-16-8-7-12(21)9-14(16)15-10-18(23)22-19-17(11-27-20(15)19)28(24,25)13-5-3-2-4-6-13/h2-9,11,15H,10H2,1H3,(H,22,23). The number of halogens is 1. The molecule has 4 rings (SSSR count). The lowest BCUT2D eigenvalue weighted by Crippen LogP contribution is -2.23. The highest BCUT2D eigenvalue weighted by Crippen LogP contribution is 2.48. The number of carbonyl (C=O) groups excluding carboxylic acids is 1. The third kappa shape index (κ3) is 3.25. The Hall–Kier alpha value is -2.16. The lowest BCUT2D eigenvalue weighted by Gasteiger charge is -2.25. The highest BCUT2D eigenvalue weighted by Gasteiger charge is 2.35. The van der Waals surface area contributed by atoms with Crippen molar-refractivity contribution in [1.82, 2.24) is 0 Å². The second kappa shape index (κ2) is 7.35. The van der Waals surface area contributed by atoms with Crippen LogP contribution in [0, 0.1) is 0 Å². The third-order valence-electron chi connectivity index (χ3n) is 4.67. The lowest BCUT2D eigenvalue weighted by molar-refractivity contribution is -0.116. The second-order valence-corrected chi connectivity index (χ2v) is 10.1. The van der Waals surface area contributed by atoms with Crippen LogP contribution in [0.25, 0.3) is 0 Å². The van der Waals surface area contributed by atoms with Gasteiger partial charge in [0.05, 0.1) is 17.7 Å². The summed E-state index contributed by atoms with van der Waals surface area (Å²) in [6, 6.07) is 13.8. The predicted molar refractivity (Wildman–Crippen MR) is 112 cm³/mol. The van der Waals surface area contributed by atoms with Gasteiger partial charge in [0.25, 0.3) is 0 Å². The maximum Gasteiger partial charge on any atom is 0.225 e. The fourth-order valence-corrected chi connectivity index (χ4v) is 6.66. The number of methoxy groups -OCH3 is 1. The van der Waals surface area contributed by atoms with Gasteiger partial charge in [0, 0.05) is 32.6 Å². The predicted octanol–water partition coefficient (Wildman–Crippen LogP) is 4.83. The molecule has 0 saturated carbocycles.